The van der Waals surface area contributed by atoms with E-state index in [1.165, 1.54) is 19.2 Å². The Balaban J connectivity index is 2.39. The molecule has 0 fully saturated rings. The van der Waals surface area contributed by atoms with Gasteiger partial charge >= 0.3 is 0 Å². The monoisotopic (exact) mass is 368 g/mol. The second-order valence-electron chi connectivity index (χ2n) is 3.54. The average Bonchev–Trinajstić information content (AvgIpc) is 2.64. The summed E-state index contributed by atoms with van der Waals surface area (Å²) in [6, 6.07) is 3.59. The first kappa shape index (κ1) is 14.2. The highest BCUT2D eigenvalue weighted by molar-refractivity contribution is 9.10. The lowest BCUT2D eigenvalue weighted by atomic mass is 10.3. The number of hydrogen-bond donors (Lipinski definition) is 1. The van der Waals surface area contributed by atoms with Crippen molar-refractivity contribution in [3.8, 4) is 0 Å². The van der Waals surface area contributed by atoms with Crippen LogP contribution in [0.4, 0.5) is 10.1 Å². The molecule has 2 rings (SSSR count). The van der Waals surface area contributed by atoms with Gasteiger partial charge in [0.1, 0.15) is 5.82 Å². The molecule has 0 aliphatic rings. The van der Waals surface area contributed by atoms with E-state index in [0.29, 0.717) is 0 Å². The molecule has 1 N–H and O–H groups in total. The summed E-state index contributed by atoms with van der Waals surface area (Å²) in [4.78, 5) is 0. The molecule has 0 saturated carbocycles. The van der Waals surface area contributed by atoms with Crippen LogP contribution in [0.25, 0.3) is 0 Å². The molecular formula is C9H7BrClFN4O2S. The molecule has 1 aromatic heterocycles. The van der Waals surface area contributed by atoms with Crippen LogP contribution >= 0.6 is 27.5 Å². The number of rotatable bonds is 3. The summed E-state index contributed by atoms with van der Waals surface area (Å²) in [6.07, 6.45) is 0. The third kappa shape index (κ3) is 2.88. The Hall–Kier alpha value is -1.19. The lowest BCUT2D eigenvalue weighted by Crippen LogP contribution is -2.17. The van der Waals surface area contributed by atoms with Gasteiger partial charge in [0.25, 0.3) is 10.0 Å². The number of nitrogens with one attached hydrogen (secondary N) is 1. The molecular weight excluding hydrogens is 363 g/mol. The van der Waals surface area contributed by atoms with E-state index in [9.17, 15) is 12.8 Å². The van der Waals surface area contributed by atoms with Gasteiger partial charge in [-0.05, 0) is 34.1 Å². The second-order valence-corrected chi connectivity index (χ2v) is 6.30. The number of hydrogen-bond acceptors (Lipinski definition) is 4. The highest BCUT2D eigenvalue weighted by Crippen LogP contribution is 2.23. The standard InChI is InChI=1S/C9H7BrClFN4O2S/c1-16-9(8(10)13-15-16)19(17,18)14-5-2-3-6(11)7(12)4-5/h2-4,14H,1H3. The van der Waals surface area contributed by atoms with E-state index in [1.807, 2.05) is 0 Å². The Kier molecular flexibility index (Phi) is 3.79. The van der Waals surface area contributed by atoms with Crippen LogP contribution in [0.3, 0.4) is 0 Å². The molecule has 0 radical (unpaired) electrons. The van der Waals surface area contributed by atoms with Crippen LogP contribution in [0, 0.1) is 5.82 Å². The fourth-order valence-electron chi connectivity index (χ4n) is 1.37. The highest BCUT2D eigenvalue weighted by Gasteiger charge is 2.24. The van der Waals surface area contributed by atoms with Gasteiger partial charge in [0.05, 0.1) is 10.7 Å². The number of aromatic nitrogens is 3. The molecule has 2 aromatic rings. The molecule has 1 aromatic carbocycles. The van der Waals surface area contributed by atoms with Crippen molar-refractivity contribution in [2.45, 2.75) is 5.03 Å². The molecule has 6 nitrogen and oxygen atoms in total. The molecule has 1 heterocycles. The van der Waals surface area contributed by atoms with Crippen molar-refractivity contribution in [1.82, 2.24) is 15.0 Å². The van der Waals surface area contributed by atoms with E-state index in [2.05, 4.69) is 31.0 Å². The first-order chi connectivity index (χ1) is 8.81. The van der Waals surface area contributed by atoms with Crippen LogP contribution in [0.2, 0.25) is 5.02 Å². The van der Waals surface area contributed by atoms with Gasteiger partial charge in [0, 0.05) is 7.05 Å². The Morgan fingerprint density at radius 3 is 2.68 bits per heavy atom. The highest BCUT2D eigenvalue weighted by atomic mass is 79.9. The van der Waals surface area contributed by atoms with Gasteiger partial charge in [-0.1, -0.05) is 16.8 Å². The zero-order valence-corrected chi connectivity index (χ0v) is 12.6. The number of aryl methyl sites for hydroxylation is 1. The molecule has 0 unspecified atom stereocenters. The fourth-order valence-corrected chi connectivity index (χ4v) is 3.64. The second kappa shape index (κ2) is 5.06. The summed E-state index contributed by atoms with van der Waals surface area (Å²) < 4.78 is 40.8. The van der Waals surface area contributed by atoms with Gasteiger partial charge in [0.2, 0.25) is 5.03 Å². The molecule has 0 saturated heterocycles. The summed E-state index contributed by atoms with van der Waals surface area (Å²) >= 11 is 8.50. The predicted molar refractivity (Wildman–Crippen MR) is 70.9 cm³/mol. The molecule has 19 heavy (non-hydrogen) atoms. The van der Waals surface area contributed by atoms with Crippen molar-refractivity contribution in [3.63, 3.8) is 0 Å². The summed E-state index contributed by atoms with van der Waals surface area (Å²) in [5.41, 5.74) is 0.0509. The van der Waals surface area contributed by atoms with E-state index >= 15 is 0 Å². The Morgan fingerprint density at radius 1 is 1.47 bits per heavy atom. The van der Waals surface area contributed by atoms with Crippen LogP contribution in [-0.2, 0) is 17.1 Å². The van der Waals surface area contributed by atoms with E-state index < -0.39 is 15.8 Å². The summed E-state index contributed by atoms with van der Waals surface area (Å²) in [5.74, 6) is -0.718. The van der Waals surface area contributed by atoms with Crippen molar-refractivity contribution in [3.05, 3.63) is 33.6 Å². The number of halogens is 3. The molecule has 10 heteroatoms. The first-order valence-corrected chi connectivity index (χ1v) is 7.50. The summed E-state index contributed by atoms with van der Waals surface area (Å²) in [5, 5.41) is 6.88. The van der Waals surface area contributed by atoms with Crippen molar-refractivity contribution in [1.29, 1.82) is 0 Å². The van der Waals surface area contributed by atoms with Gasteiger partial charge in [-0.25, -0.2) is 9.07 Å². The molecule has 0 aliphatic heterocycles. The molecule has 0 bridgehead atoms. The third-order valence-corrected chi connectivity index (χ3v) is 4.74. The minimum atomic E-state index is -3.93. The Labute approximate surface area is 121 Å². The third-order valence-electron chi connectivity index (χ3n) is 2.16. The maximum absolute atomic E-state index is 13.2. The Bertz CT molecular complexity index is 714. The van der Waals surface area contributed by atoms with Crippen molar-refractivity contribution >= 4 is 43.2 Å². The summed E-state index contributed by atoms with van der Waals surface area (Å²) in [6.45, 7) is 0. The lowest BCUT2D eigenvalue weighted by Gasteiger charge is -2.08. The largest absolute Gasteiger partial charge is 0.281 e. The number of nitrogens with zero attached hydrogens (tertiary/aromatic N) is 3. The molecule has 0 aliphatic carbocycles. The predicted octanol–water partition coefficient (Wildman–Crippen LogP) is 2.17. The van der Waals surface area contributed by atoms with Crippen LogP contribution in [0.5, 0.6) is 0 Å². The van der Waals surface area contributed by atoms with Crippen molar-refractivity contribution in [2.24, 2.45) is 7.05 Å². The van der Waals surface area contributed by atoms with E-state index in [-0.39, 0.29) is 20.3 Å². The number of anilines is 1. The minimum absolute atomic E-state index is 0.0509. The maximum Gasteiger partial charge on any atom is 0.281 e. The normalized spacial score (nSPS) is 11.6. The van der Waals surface area contributed by atoms with Gasteiger partial charge in [-0.15, -0.1) is 5.10 Å². The first-order valence-electron chi connectivity index (χ1n) is 4.84. The molecule has 0 spiro atoms. The maximum atomic E-state index is 13.2. The number of sulfonamides is 1. The van der Waals surface area contributed by atoms with Crippen LogP contribution in [0.15, 0.2) is 27.8 Å². The van der Waals surface area contributed by atoms with Crippen LogP contribution in [-0.4, -0.2) is 23.4 Å². The van der Waals surface area contributed by atoms with Gasteiger partial charge in [-0.3, -0.25) is 4.72 Å². The minimum Gasteiger partial charge on any atom is -0.278 e. The van der Waals surface area contributed by atoms with Gasteiger partial charge in [-0.2, -0.15) is 8.42 Å². The van der Waals surface area contributed by atoms with Crippen LogP contribution < -0.4 is 4.72 Å². The average molecular weight is 370 g/mol. The quantitative estimate of drug-likeness (QED) is 0.899. The molecule has 0 atom stereocenters. The van der Waals surface area contributed by atoms with E-state index in [1.54, 1.807) is 0 Å². The summed E-state index contributed by atoms with van der Waals surface area (Å²) in [7, 11) is -2.50. The van der Waals surface area contributed by atoms with Crippen molar-refractivity contribution in [2.75, 3.05) is 4.72 Å². The lowest BCUT2D eigenvalue weighted by molar-refractivity contribution is 0.578. The van der Waals surface area contributed by atoms with E-state index in [0.717, 1.165) is 10.7 Å². The topological polar surface area (TPSA) is 76.9 Å². The smallest absolute Gasteiger partial charge is 0.278 e. The fraction of sp³-hybridized carbons (Fsp3) is 0.111. The Morgan fingerprint density at radius 2 is 2.16 bits per heavy atom. The van der Waals surface area contributed by atoms with Crippen LogP contribution in [0.1, 0.15) is 0 Å². The zero-order valence-electron chi connectivity index (χ0n) is 9.43. The number of benzene rings is 1. The SMILES string of the molecule is Cn1nnc(Br)c1S(=O)(=O)Nc1ccc(Cl)c(F)c1. The molecule has 0 amide bonds. The molecule has 102 valence electrons. The van der Waals surface area contributed by atoms with Gasteiger partial charge in [0.15, 0.2) is 4.60 Å². The zero-order chi connectivity index (χ0) is 14.2. The van der Waals surface area contributed by atoms with Gasteiger partial charge < -0.3 is 0 Å². The van der Waals surface area contributed by atoms with Crippen molar-refractivity contribution < 1.29 is 12.8 Å². The van der Waals surface area contributed by atoms with E-state index in [4.69, 9.17) is 11.6 Å².